The molecule has 224 valence electrons. The second-order valence-corrected chi connectivity index (χ2v) is 7.63. The van der Waals surface area contributed by atoms with Crippen LogP contribution in [-0.2, 0) is 6.54 Å². The van der Waals surface area contributed by atoms with Crippen LogP contribution in [0.15, 0.2) is 29.4 Å². The molecule has 1 aromatic rings. The van der Waals surface area contributed by atoms with E-state index in [1.54, 1.807) is 0 Å². The molecule has 1 rings (SSSR count). The summed E-state index contributed by atoms with van der Waals surface area (Å²) in [5.74, 6) is -56.6. The molecule has 1 aromatic carbocycles. The van der Waals surface area contributed by atoms with E-state index in [0.717, 1.165) is 12.1 Å². The first kappa shape index (κ1) is 34.2. The zero-order valence-corrected chi connectivity index (χ0v) is 18.3. The highest BCUT2D eigenvalue weighted by molar-refractivity contribution is 5.27. The van der Waals surface area contributed by atoms with Gasteiger partial charge in [0.25, 0.3) is 0 Å². The van der Waals surface area contributed by atoms with Crippen LogP contribution in [0.1, 0.15) is 18.4 Å². The molecule has 0 spiro atoms. The molecule has 39 heavy (non-hydrogen) atoms. The van der Waals surface area contributed by atoms with Gasteiger partial charge in [-0.25, -0.2) is 0 Å². The lowest BCUT2D eigenvalue weighted by Crippen LogP contribution is -2.74. The molecular weight excluding hydrogens is 597 g/mol. The molecule has 0 radical (unpaired) electrons. The Bertz CT molecular complexity index is 1030. The van der Waals surface area contributed by atoms with E-state index in [9.17, 15) is 74.6 Å². The fraction of sp³-hybridized carbons (Fsp3) is 0.667. The van der Waals surface area contributed by atoms with Crippen LogP contribution >= 0.6 is 0 Å². The van der Waals surface area contributed by atoms with Gasteiger partial charge in [0.2, 0.25) is 0 Å². The molecule has 4 nitrogen and oxygen atoms in total. The monoisotopic (exact) mass is 609 g/mol. The lowest BCUT2D eigenvalue weighted by molar-refractivity contribution is -0.461. The van der Waals surface area contributed by atoms with Gasteiger partial charge in [-0.1, -0.05) is 17.2 Å². The maximum absolute atomic E-state index is 13.8. The van der Waals surface area contributed by atoms with Crippen LogP contribution in [0.3, 0.4) is 0 Å². The summed E-state index contributed by atoms with van der Waals surface area (Å²) >= 11 is 0. The molecule has 0 saturated carbocycles. The first-order valence-electron chi connectivity index (χ1n) is 9.70. The van der Waals surface area contributed by atoms with Crippen LogP contribution in [0.4, 0.5) is 74.6 Å². The Morgan fingerprint density at radius 3 is 1.44 bits per heavy atom. The zero-order chi connectivity index (χ0) is 30.9. The minimum Gasteiger partial charge on any atom is -0.494 e. The minimum absolute atomic E-state index is 0.143. The highest BCUT2D eigenvalue weighted by Crippen LogP contribution is 2.64. The topological polar surface area (TPSA) is 58.0 Å². The Labute approximate surface area is 205 Å². The fourth-order valence-corrected chi connectivity index (χ4v) is 2.64. The number of halogens is 17. The molecule has 0 aliphatic heterocycles. The molecule has 0 amide bonds. The van der Waals surface area contributed by atoms with Crippen molar-refractivity contribution in [1.29, 1.82) is 0 Å². The predicted octanol–water partition coefficient (Wildman–Crippen LogP) is 8.67. The number of nitrogens with zero attached hydrogens (tertiary/aromatic N) is 3. The zero-order valence-electron chi connectivity index (χ0n) is 18.3. The Balaban J connectivity index is 3.14. The lowest BCUT2D eigenvalue weighted by atomic mass is 9.88. The van der Waals surface area contributed by atoms with Crippen molar-refractivity contribution < 1.29 is 79.4 Å². The molecule has 0 atom stereocenters. The van der Waals surface area contributed by atoms with Gasteiger partial charge in [0, 0.05) is 11.3 Å². The standard InChI is InChI=1S/C18H12F17N3O/c19-11(20,6-1-7-39-10-4-2-9(3-5-10)8-37-38-36)12(21,22)13(23,24)14(25,26)15(27,28)16(29,30)17(31,32)18(33,34)35/h2-5H,1,6-8H2. The van der Waals surface area contributed by atoms with Crippen molar-refractivity contribution in [3.63, 3.8) is 0 Å². The largest absolute Gasteiger partial charge is 0.494 e. The van der Waals surface area contributed by atoms with E-state index >= 15 is 0 Å². The normalized spacial score (nSPS) is 14.7. The maximum Gasteiger partial charge on any atom is 0.460 e. The van der Waals surface area contributed by atoms with Crippen LogP contribution in [0.25, 0.3) is 10.4 Å². The van der Waals surface area contributed by atoms with Gasteiger partial charge < -0.3 is 4.74 Å². The van der Waals surface area contributed by atoms with Crippen molar-refractivity contribution in [1.82, 2.24) is 0 Å². The number of ether oxygens (including phenoxy) is 1. The molecule has 0 N–H and O–H groups in total. The molecule has 0 aliphatic carbocycles. The van der Waals surface area contributed by atoms with E-state index in [1.807, 2.05) is 0 Å². The van der Waals surface area contributed by atoms with Gasteiger partial charge in [-0.05, 0) is 29.6 Å². The van der Waals surface area contributed by atoms with Gasteiger partial charge >= 0.3 is 47.6 Å². The Kier molecular flexibility index (Phi) is 9.29. The van der Waals surface area contributed by atoms with E-state index < -0.39 is 67.1 Å². The third-order valence-electron chi connectivity index (χ3n) is 4.93. The van der Waals surface area contributed by atoms with E-state index in [4.69, 9.17) is 10.3 Å². The molecule has 0 aliphatic rings. The predicted molar refractivity (Wildman–Crippen MR) is 94.7 cm³/mol. The summed E-state index contributed by atoms with van der Waals surface area (Å²) in [6, 6.07) is 4.74. The average molecular weight is 609 g/mol. The van der Waals surface area contributed by atoms with Crippen LogP contribution in [-0.4, -0.2) is 54.2 Å². The molecular formula is C18H12F17N3O. The number of benzene rings is 1. The van der Waals surface area contributed by atoms with Crippen molar-refractivity contribution >= 4 is 0 Å². The van der Waals surface area contributed by atoms with Crippen molar-refractivity contribution in [3.05, 3.63) is 40.3 Å². The van der Waals surface area contributed by atoms with Gasteiger partial charge in [0.15, 0.2) is 0 Å². The van der Waals surface area contributed by atoms with Crippen molar-refractivity contribution in [2.75, 3.05) is 6.61 Å². The summed E-state index contributed by atoms with van der Waals surface area (Å²) in [5, 5.41) is 3.18. The first-order valence-corrected chi connectivity index (χ1v) is 9.70. The minimum atomic E-state index is -8.64. The summed E-state index contributed by atoms with van der Waals surface area (Å²) in [7, 11) is 0. The van der Waals surface area contributed by atoms with Crippen LogP contribution in [0.2, 0.25) is 0 Å². The number of azide groups is 1. The van der Waals surface area contributed by atoms with E-state index in [0.29, 0.717) is 5.56 Å². The molecule has 0 fully saturated rings. The number of rotatable bonds is 13. The smallest absolute Gasteiger partial charge is 0.460 e. The molecule has 0 bridgehead atoms. The Morgan fingerprint density at radius 1 is 0.615 bits per heavy atom. The molecule has 0 unspecified atom stereocenters. The third kappa shape index (κ3) is 5.72. The fourth-order valence-electron chi connectivity index (χ4n) is 2.64. The number of hydrogen-bond acceptors (Lipinski definition) is 2. The summed E-state index contributed by atoms with van der Waals surface area (Å²) in [6.45, 7) is -1.19. The van der Waals surface area contributed by atoms with Crippen LogP contribution in [0.5, 0.6) is 5.75 Å². The number of hydrogen-bond donors (Lipinski definition) is 0. The SMILES string of the molecule is [N-]=[N+]=NCc1ccc(OCCCC(F)(F)C(F)(F)C(F)(F)C(F)(F)C(F)(F)C(F)(F)C(F)(F)C(F)(F)F)cc1. The summed E-state index contributed by atoms with van der Waals surface area (Å²) in [5.41, 5.74) is 8.56. The van der Waals surface area contributed by atoms with Crippen LogP contribution in [0, 0.1) is 0 Å². The van der Waals surface area contributed by atoms with Gasteiger partial charge in [-0.15, -0.1) is 0 Å². The van der Waals surface area contributed by atoms with Gasteiger partial charge in [0.1, 0.15) is 5.75 Å². The Morgan fingerprint density at radius 2 is 1.03 bits per heavy atom. The highest BCUT2D eigenvalue weighted by Gasteiger charge is 2.95. The van der Waals surface area contributed by atoms with E-state index in [2.05, 4.69) is 10.0 Å². The van der Waals surface area contributed by atoms with E-state index in [-0.39, 0.29) is 12.3 Å². The van der Waals surface area contributed by atoms with Gasteiger partial charge in [-0.2, -0.15) is 74.6 Å². The highest BCUT2D eigenvalue weighted by atomic mass is 19.4. The molecule has 0 saturated heterocycles. The van der Waals surface area contributed by atoms with Gasteiger partial charge in [-0.3, -0.25) is 0 Å². The lowest BCUT2D eigenvalue weighted by Gasteiger charge is -2.42. The van der Waals surface area contributed by atoms with Gasteiger partial charge in [0.05, 0.1) is 13.2 Å². The van der Waals surface area contributed by atoms with Crippen molar-refractivity contribution in [3.8, 4) is 5.75 Å². The quantitative estimate of drug-likeness (QED) is 0.0726. The average Bonchev–Trinajstić information content (AvgIpc) is 2.79. The van der Waals surface area contributed by atoms with Crippen molar-refractivity contribution in [2.45, 2.75) is 67.0 Å². The molecule has 21 heteroatoms. The van der Waals surface area contributed by atoms with E-state index in [1.165, 1.54) is 12.1 Å². The van der Waals surface area contributed by atoms with Crippen LogP contribution < -0.4 is 4.74 Å². The second-order valence-electron chi connectivity index (χ2n) is 7.63. The maximum atomic E-state index is 13.8. The molecule has 0 heterocycles. The second kappa shape index (κ2) is 10.6. The number of alkyl halides is 17. The van der Waals surface area contributed by atoms with Crippen molar-refractivity contribution in [2.24, 2.45) is 5.11 Å². The summed E-state index contributed by atoms with van der Waals surface area (Å²) in [4.78, 5) is 2.44. The Hall–Kier alpha value is -2.86. The third-order valence-corrected chi connectivity index (χ3v) is 4.93. The molecule has 0 aromatic heterocycles. The first-order chi connectivity index (χ1) is 17.3. The summed E-state index contributed by atoms with van der Waals surface area (Å²) < 4.78 is 229. The summed E-state index contributed by atoms with van der Waals surface area (Å²) in [6.07, 6.45) is -11.8.